The van der Waals surface area contributed by atoms with Crippen molar-refractivity contribution < 1.29 is 13.9 Å². The summed E-state index contributed by atoms with van der Waals surface area (Å²) >= 11 is 0. The van der Waals surface area contributed by atoms with Gasteiger partial charge in [0, 0.05) is 12.5 Å². The molecule has 0 spiro atoms. The van der Waals surface area contributed by atoms with Crippen molar-refractivity contribution in [1.29, 1.82) is 0 Å². The molecule has 2 rings (SSSR count). The van der Waals surface area contributed by atoms with E-state index in [2.05, 4.69) is 52.6 Å². The third-order valence-corrected chi connectivity index (χ3v) is 9.23. The summed E-state index contributed by atoms with van der Waals surface area (Å²) < 4.78 is 17.1. The topological polar surface area (TPSA) is 27.7 Å². The zero-order chi connectivity index (χ0) is 16.4. The van der Waals surface area contributed by atoms with E-state index in [1.165, 1.54) is 5.56 Å². The Morgan fingerprint density at radius 1 is 1.27 bits per heavy atom. The molecule has 0 aromatic heterocycles. The van der Waals surface area contributed by atoms with Gasteiger partial charge in [-0.3, -0.25) is 0 Å². The average Bonchev–Trinajstić information content (AvgIpc) is 2.89. The van der Waals surface area contributed by atoms with Crippen LogP contribution in [-0.4, -0.2) is 21.7 Å². The maximum atomic E-state index is 6.32. The second kappa shape index (κ2) is 6.47. The Bertz CT molecular complexity index is 532. The van der Waals surface area contributed by atoms with Gasteiger partial charge in [0.1, 0.15) is 0 Å². The number of hydrogen-bond acceptors (Lipinski definition) is 3. The van der Waals surface area contributed by atoms with Gasteiger partial charge < -0.3 is 13.9 Å². The molecular weight excluding hydrogens is 292 g/mol. The number of benzene rings is 1. The lowest BCUT2D eigenvalue weighted by atomic mass is 10.00. The van der Waals surface area contributed by atoms with Crippen molar-refractivity contribution in [2.75, 3.05) is 13.4 Å². The van der Waals surface area contributed by atoms with Crippen molar-refractivity contribution in [2.45, 2.75) is 45.3 Å². The van der Waals surface area contributed by atoms with E-state index < -0.39 is 8.32 Å². The fraction of sp³-hybridized carbons (Fsp3) is 0.556. The van der Waals surface area contributed by atoms with Crippen LogP contribution in [0.4, 0.5) is 0 Å². The summed E-state index contributed by atoms with van der Waals surface area (Å²) in [5.41, 5.74) is 1.23. The van der Waals surface area contributed by atoms with Gasteiger partial charge in [0.25, 0.3) is 0 Å². The van der Waals surface area contributed by atoms with Crippen molar-refractivity contribution in [2.24, 2.45) is 5.92 Å². The SMILES string of the molecule is C=C[C@@H](CO[Si](C)(C)C(C)(C)C)Cc1ccc2c(c1)OCO2. The maximum Gasteiger partial charge on any atom is 0.231 e. The van der Waals surface area contributed by atoms with Crippen molar-refractivity contribution in [3.63, 3.8) is 0 Å². The van der Waals surface area contributed by atoms with Crippen LogP contribution in [0.25, 0.3) is 0 Å². The van der Waals surface area contributed by atoms with Crippen LogP contribution in [0.1, 0.15) is 26.3 Å². The average molecular weight is 321 g/mol. The summed E-state index contributed by atoms with van der Waals surface area (Å²) in [7, 11) is -1.71. The molecule has 3 nitrogen and oxygen atoms in total. The minimum Gasteiger partial charge on any atom is -0.454 e. The number of fused-ring (bicyclic) bond motifs is 1. The van der Waals surface area contributed by atoms with E-state index in [1.807, 2.05) is 12.1 Å². The Morgan fingerprint density at radius 3 is 2.59 bits per heavy atom. The normalized spacial score (nSPS) is 15.7. The molecule has 4 heteroatoms. The van der Waals surface area contributed by atoms with Gasteiger partial charge in [-0.15, -0.1) is 6.58 Å². The van der Waals surface area contributed by atoms with Crippen molar-refractivity contribution in [3.8, 4) is 11.5 Å². The van der Waals surface area contributed by atoms with Gasteiger partial charge in [0.05, 0.1) is 0 Å². The highest BCUT2D eigenvalue weighted by Crippen LogP contribution is 2.37. The summed E-state index contributed by atoms with van der Waals surface area (Å²) in [5, 5.41) is 0.234. The Labute approximate surface area is 135 Å². The quantitative estimate of drug-likeness (QED) is 0.557. The first-order chi connectivity index (χ1) is 10.2. The largest absolute Gasteiger partial charge is 0.454 e. The van der Waals surface area contributed by atoms with Crippen LogP contribution in [0.3, 0.4) is 0 Å². The molecule has 1 heterocycles. The smallest absolute Gasteiger partial charge is 0.231 e. The fourth-order valence-corrected chi connectivity index (χ4v) is 3.18. The lowest BCUT2D eigenvalue weighted by Crippen LogP contribution is -2.42. The Balaban J connectivity index is 1.97. The van der Waals surface area contributed by atoms with Crippen molar-refractivity contribution in [3.05, 3.63) is 36.4 Å². The van der Waals surface area contributed by atoms with Crippen LogP contribution < -0.4 is 9.47 Å². The second-order valence-electron chi connectivity index (χ2n) is 7.46. The van der Waals surface area contributed by atoms with Crippen LogP contribution in [-0.2, 0) is 10.8 Å². The van der Waals surface area contributed by atoms with Crippen LogP contribution in [0.15, 0.2) is 30.9 Å². The molecule has 0 saturated carbocycles. The van der Waals surface area contributed by atoms with E-state index in [1.54, 1.807) is 0 Å². The molecule has 122 valence electrons. The Morgan fingerprint density at radius 2 is 1.95 bits per heavy atom. The molecule has 0 fully saturated rings. The molecular formula is C18H28O3Si. The van der Waals surface area contributed by atoms with Gasteiger partial charge in [-0.25, -0.2) is 0 Å². The highest BCUT2D eigenvalue weighted by molar-refractivity contribution is 6.74. The maximum absolute atomic E-state index is 6.32. The minimum atomic E-state index is -1.71. The monoisotopic (exact) mass is 320 g/mol. The Kier molecular flexibility index (Phi) is 5.02. The summed E-state index contributed by atoms with van der Waals surface area (Å²) in [5.74, 6) is 1.98. The number of rotatable bonds is 6. The number of ether oxygens (including phenoxy) is 2. The van der Waals surface area contributed by atoms with Crippen LogP contribution in [0, 0.1) is 5.92 Å². The first-order valence-electron chi connectivity index (χ1n) is 7.88. The van der Waals surface area contributed by atoms with E-state index in [0.717, 1.165) is 24.5 Å². The molecule has 1 aromatic rings. The molecule has 0 radical (unpaired) electrons. The molecule has 0 N–H and O–H groups in total. The van der Waals surface area contributed by atoms with Crippen molar-refractivity contribution >= 4 is 8.32 Å². The third kappa shape index (κ3) is 3.93. The minimum absolute atomic E-state index is 0.234. The fourth-order valence-electron chi connectivity index (χ4n) is 2.11. The third-order valence-electron chi connectivity index (χ3n) is 4.73. The van der Waals surface area contributed by atoms with Crippen molar-refractivity contribution in [1.82, 2.24) is 0 Å². The Hall–Kier alpha value is -1.26. The lowest BCUT2D eigenvalue weighted by molar-refractivity contribution is 0.174. The standard InChI is InChI=1S/C18H28O3Si/c1-7-14(12-21-22(5,6)18(2,3)4)10-15-8-9-16-17(11-15)20-13-19-16/h7-9,11,14H,1,10,12-13H2,2-6H3/t14-/m1/s1. The summed E-state index contributed by atoms with van der Waals surface area (Å²) in [6, 6.07) is 6.13. The zero-order valence-corrected chi connectivity index (χ0v) is 15.4. The predicted octanol–water partition coefficient (Wildman–Crippen LogP) is 4.78. The highest BCUT2D eigenvalue weighted by atomic mass is 28.4. The lowest BCUT2D eigenvalue weighted by Gasteiger charge is -2.37. The van der Waals surface area contributed by atoms with Gasteiger partial charge in [0.2, 0.25) is 6.79 Å². The number of hydrogen-bond donors (Lipinski definition) is 0. The van der Waals surface area contributed by atoms with E-state index in [0.29, 0.717) is 12.7 Å². The molecule has 1 aliphatic rings. The van der Waals surface area contributed by atoms with E-state index in [-0.39, 0.29) is 5.04 Å². The zero-order valence-electron chi connectivity index (χ0n) is 14.4. The van der Waals surface area contributed by atoms with Gasteiger partial charge in [0.15, 0.2) is 19.8 Å². The summed E-state index contributed by atoms with van der Waals surface area (Å²) in [4.78, 5) is 0. The molecule has 0 saturated heterocycles. The highest BCUT2D eigenvalue weighted by Gasteiger charge is 2.37. The van der Waals surface area contributed by atoms with Gasteiger partial charge in [-0.2, -0.15) is 0 Å². The first-order valence-corrected chi connectivity index (χ1v) is 10.8. The molecule has 0 aliphatic carbocycles. The van der Waals surface area contributed by atoms with Gasteiger partial charge in [-0.1, -0.05) is 32.9 Å². The van der Waals surface area contributed by atoms with E-state index >= 15 is 0 Å². The summed E-state index contributed by atoms with van der Waals surface area (Å²) in [6.07, 6.45) is 2.91. The summed E-state index contributed by atoms with van der Waals surface area (Å²) in [6.45, 7) is 16.4. The van der Waals surface area contributed by atoms with Crippen LogP contribution in [0.5, 0.6) is 11.5 Å². The van der Waals surface area contributed by atoms with E-state index in [9.17, 15) is 0 Å². The molecule has 1 aliphatic heterocycles. The predicted molar refractivity (Wildman–Crippen MR) is 93.1 cm³/mol. The molecule has 1 atom stereocenters. The second-order valence-corrected chi connectivity index (χ2v) is 12.3. The molecule has 22 heavy (non-hydrogen) atoms. The van der Waals surface area contributed by atoms with Crippen LogP contribution in [0.2, 0.25) is 18.1 Å². The first kappa shape index (κ1) is 17.1. The molecule has 0 bridgehead atoms. The van der Waals surface area contributed by atoms with Gasteiger partial charge >= 0.3 is 0 Å². The molecule has 0 unspecified atom stereocenters. The molecule has 0 amide bonds. The molecule has 1 aromatic carbocycles. The van der Waals surface area contributed by atoms with Gasteiger partial charge in [-0.05, 0) is 42.2 Å². The van der Waals surface area contributed by atoms with E-state index in [4.69, 9.17) is 13.9 Å². The van der Waals surface area contributed by atoms with Crippen LogP contribution >= 0.6 is 0 Å².